The predicted molar refractivity (Wildman–Crippen MR) is 105 cm³/mol. The standard InChI is InChI=1S/C20H25N7O/c1-20(2,18-14-27(25-23-18)15-7-4-3-5-8-15)22-19(28)17-10-12-26(24-17)16-9-6-11-21-13-16/h3-5,7-8,10,12,14,16,21H,6,9,11,13H2,1-2H3,(H,22,28). The van der Waals surface area contributed by atoms with Crippen LogP contribution in [0.1, 0.15) is 48.9 Å². The van der Waals surface area contributed by atoms with E-state index in [0.717, 1.165) is 31.6 Å². The number of nitrogens with one attached hydrogen (secondary N) is 2. The molecule has 1 fully saturated rings. The largest absolute Gasteiger partial charge is 0.340 e. The van der Waals surface area contributed by atoms with Crippen LogP contribution in [0.25, 0.3) is 5.69 Å². The third kappa shape index (κ3) is 3.82. The second-order valence-corrected chi connectivity index (χ2v) is 7.64. The number of benzene rings is 1. The minimum atomic E-state index is -0.680. The number of hydrogen-bond acceptors (Lipinski definition) is 5. The van der Waals surface area contributed by atoms with Crippen LogP contribution in [0.5, 0.6) is 0 Å². The van der Waals surface area contributed by atoms with Gasteiger partial charge in [-0.2, -0.15) is 5.10 Å². The van der Waals surface area contributed by atoms with Gasteiger partial charge in [-0.15, -0.1) is 5.10 Å². The number of carbonyl (C=O) groups is 1. The van der Waals surface area contributed by atoms with Crippen LogP contribution in [-0.2, 0) is 5.54 Å². The van der Waals surface area contributed by atoms with Gasteiger partial charge >= 0.3 is 0 Å². The van der Waals surface area contributed by atoms with Crippen molar-refractivity contribution in [2.75, 3.05) is 13.1 Å². The summed E-state index contributed by atoms with van der Waals surface area (Å²) in [5.41, 5.74) is 1.33. The summed E-state index contributed by atoms with van der Waals surface area (Å²) in [6.07, 6.45) is 5.91. The quantitative estimate of drug-likeness (QED) is 0.708. The molecule has 0 bridgehead atoms. The Morgan fingerprint density at radius 1 is 1.25 bits per heavy atom. The molecule has 3 heterocycles. The highest BCUT2D eigenvalue weighted by Gasteiger charge is 2.28. The average Bonchev–Trinajstić information content (AvgIpc) is 3.40. The molecule has 1 aliphatic rings. The fraction of sp³-hybridized carbons (Fsp3) is 0.400. The first-order chi connectivity index (χ1) is 13.5. The molecule has 0 saturated carbocycles. The number of carbonyl (C=O) groups excluding carboxylic acids is 1. The first kappa shape index (κ1) is 18.4. The Kier molecular flexibility index (Phi) is 4.95. The summed E-state index contributed by atoms with van der Waals surface area (Å²) in [6, 6.07) is 11.8. The van der Waals surface area contributed by atoms with Crippen LogP contribution in [-0.4, -0.2) is 43.8 Å². The van der Waals surface area contributed by atoms with Crippen molar-refractivity contribution in [3.63, 3.8) is 0 Å². The summed E-state index contributed by atoms with van der Waals surface area (Å²) in [5, 5.41) is 19.3. The van der Waals surface area contributed by atoms with Crippen LogP contribution in [0.3, 0.4) is 0 Å². The molecule has 3 aromatic rings. The molecule has 1 aromatic carbocycles. The van der Waals surface area contributed by atoms with Gasteiger partial charge in [0.2, 0.25) is 0 Å². The van der Waals surface area contributed by atoms with Crippen LogP contribution in [0.2, 0.25) is 0 Å². The Hall–Kier alpha value is -3.00. The zero-order chi connectivity index (χ0) is 19.6. The second kappa shape index (κ2) is 7.55. The number of para-hydroxylation sites is 1. The Labute approximate surface area is 163 Å². The van der Waals surface area contributed by atoms with E-state index in [1.165, 1.54) is 0 Å². The van der Waals surface area contributed by atoms with Gasteiger partial charge in [0.05, 0.1) is 23.5 Å². The van der Waals surface area contributed by atoms with Gasteiger partial charge in [0.25, 0.3) is 5.91 Å². The van der Waals surface area contributed by atoms with Gasteiger partial charge in [0.1, 0.15) is 11.4 Å². The second-order valence-electron chi connectivity index (χ2n) is 7.64. The Bertz CT molecular complexity index is 938. The lowest BCUT2D eigenvalue weighted by atomic mass is 10.0. The summed E-state index contributed by atoms with van der Waals surface area (Å²) in [5.74, 6) is -0.221. The summed E-state index contributed by atoms with van der Waals surface area (Å²) in [6.45, 7) is 5.75. The summed E-state index contributed by atoms with van der Waals surface area (Å²) in [7, 11) is 0. The van der Waals surface area contributed by atoms with Crippen molar-refractivity contribution in [2.45, 2.75) is 38.3 Å². The van der Waals surface area contributed by atoms with E-state index in [9.17, 15) is 4.79 Å². The fourth-order valence-electron chi connectivity index (χ4n) is 3.39. The van der Waals surface area contributed by atoms with Crippen molar-refractivity contribution in [1.82, 2.24) is 35.4 Å². The number of nitrogens with zero attached hydrogens (tertiary/aromatic N) is 5. The lowest BCUT2D eigenvalue weighted by molar-refractivity contribution is 0.0903. The molecule has 2 aromatic heterocycles. The molecule has 1 amide bonds. The van der Waals surface area contributed by atoms with Gasteiger partial charge in [0, 0.05) is 12.7 Å². The molecule has 0 radical (unpaired) electrons. The van der Waals surface area contributed by atoms with Gasteiger partial charge in [-0.3, -0.25) is 9.48 Å². The third-order valence-corrected chi connectivity index (χ3v) is 5.07. The molecular weight excluding hydrogens is 354 g/mol. The minimum Gasteiger partial charge on any atom is -0.340 e. The monoisotopic (exact) mass is 379 g/mol. The molecule has 1 atom stereocenters. The summed E-state index contributed by atoms with van der Waals surface area (Å²) >= 11 is 0. The first-order valence-electron chi connectivity index (χ1n) is 9.59. The molecule has 2 N–H and O–H groups in total. The van der Waals surface area contributed by atoms with Gasteiger partial charge in [-0.05, 0) is 51.4 Å². The number of rotatable bonds is 5. The number of hydrogen-bond donors (Lipinski definition) is 2. The lowest BCUT2D eigenvalue weighted by Gasteiger charge is -2.24. The van der Waals surface area contributed by atoms with E-state index < -0.39 is 5.54 Å². The van der Waals surface area contributed by atoms with E-state index in [1.807, 2.05) is 61.3 Å². The lowest BCUT2D eigenvalue weighted by Crippen LogP contribution is -2.41. The molecule has 8 nitrogen and oxygen atoms in total. The van der Waals surface area contributed by atoms with Gasteiger partial charge in [-0.25, -0.2) is 4.68 Å². The minimum absolute atomic E-state index is 0.221. The van der Waals surface area contributed by atoms with E-state index >= 15 is 0 Å². The van der Waals surface area contributed by atoms with Crippen molar-refractivity contribution in [3.8, 4) is 5.69 Å². The molecule has 0 aliphatic carbocycles. The topological polar surface area (TPSA) is 89.7 Å². The molecule has 1 saturated heterocycles. The zero-order valence-electron chi connectivity index (χ0n) is 16.2. The first-order valence-corrected chi connectivity index (χ1v) is 9.59. The molecule has 1 aliphatic heterocycles. The third-order valence-electron chi connectivity index (χ3n) is 5.07. The van der Waals surface area contributed by atoms with Crippen LogP contribution in [0.15, 0.2) is 48.8 Å². The normalized spacial score (nSPS) is 17.4. The fourth-order valence-corrected chi connectivity index (χ4v) is 3.39. The van der Waals surface area contributed by atoms with E-state index in [4.69, 9.17) is 0 Å². The highest BCUT2D eigenvalue weighted by Crippen LogP contribution is 2.20. The zero-order valence-corrected chi connectivity index (χ0v) is 16.2. The smallest absolute Gasteiger partial charge is 0.272 e. The van der Waals surface area contributed by atoms with Crippen LogP contribution < -0.4 is 10.6 Å². The van der Waals surface area contributed by atoms with Crippen molar-refractivity contribution in [2.24, 2.45) is 0 Å². The molecule has 1 unspecified atom stereocenters. The van der Waals surface area contributed by atoms with E-state index in [1.54, 1.807) is 10.7 Å². The van der Waals surface area contributed by atoms with Crippen LogP contribution >= 0.6 is 0 Å². The molecule has 146 valence electrons. The Morgan fingerprint density at radius 2 is 2.07 bits per heavy atom. The van der Waals surface area contributed by atoms with Crippen molar-refractivity contribution >= 4 is 5.91 Å². The molecule has 8 heteroatoms. The van der Waals surface area contributed by atoms with Crippen LogP contribution in [0, 0.1) is 0 Å². The predicted octanol–water partition coefficient (Wildman–Crippen LogP) is 2.05. The SMILES string of the molecule is CC(C)(NC(=O)c1ccn(C2CCCNC2)n1)c1cn(-c2ccccc2)nn1. The maximum absolute atomic E-state index is 12.7. The van der Waals surface area contributed by atoms with E-state index in [2.05, 4.69) is 26.0 Å². The van der Waals surface area contributed by atoms with Gasteiger partial charge in [-0.1, -0.05) is 23.4 Å². The van der Waals surface area contributed by atoms with Crippen molar-refractivity contribution < 1.29 is 4.79 Å². The van der Waals surface area contributed by atoms with E-state index in [0.29, 0.717) is 17.4 Å². The maximum atomic E-state index is 12.7. The van der Waals surface area contributed by atoms with Gasteiger partial charge < -0.3 is 10.6 Å². The van der Waals surface area contributed by atoms with Gasteiger partial charge in [0.15, 0.2) is 0 Å². The molecule has 0 spiro atoms. The molecular formula is C20H25N7O. The average molecular weight is 379 g/mol. The summed E-state index contributed by atoms with van der Waals surface area (Å²) < 4.78 is 3.59. The maximum Gasteiger partial charge on any atom is 0.272 e. The Morgan fingerprint density at radius 3 is 2.82 bits per heavy atom. The van der Waals surface area contributed by atoms with Crippen LogP contribution in [0.4, 0.5) is 0 Å². The number of aromatic nitrogens is 5. The number of piperidine rings is 1. The Balaban J connectivity index is 1.46. The molecule has 28 heavy (non-hydrogen) atoms. The highest BCUT2D eigenvalue weighted by atomic mass is 16.2. The molecule has 4 rings (SSSR count). The van der Waals surface area contributed by atoms with Crippen molar-refractivity contribution in [1.29, 1.82) is 0 Å². The van der Waals surface area contributed by atoms with Crippen molar-refractivity contribution in [3.05, 3.63) is 60.2 Å². The number of amides is 1. The highest BCUT2D eigenvalue weighted by molar-refractivity contribution is 5.92. The summed E-state index contributed by atoms with van der Waals surface area (Å²) in [4.78, 5) is 12.7. The van der Waals surface area contributed by atoms with E-state index in [-0.39, 0.29) is 5.91 Å².